The van der Waals surface area contributed by atoms with Gasteiger partial charge in [-0.2, -0.15) is 0 Å². The maximum absolute atomic E-state index is 12.0. The third kappa shape index (κ3) is 3.37. The van der Waals surface area contributed by atoms with E-state index in [-0.39, 0.29) is 0 Å². The molecule has 2 aromatic rings. The van der Waals surface area contributed by atoms with Crippen LogP contribution in [-0.2, 0) is 0 Å². The van der Waals surface area contributed by atoms with Gasteiger partial charge in [0.25, 0.3) is 0 Å². The van der Waals surface area contributed by atoms with E-state index >= 15 is 0 Å². The highest BCUT2D eigenvalue weighted by Gasteiger charge is 2.12. The number of rotatable bonds is 2. The summed E-state index contributed by atoms with van der Waals surface area (Å²) in [6.07, 6.45) is 0. The number of carbonyl (C=O) groups excluding carboxylic acids is 1. The predicted octanol–water partition coefficient (Wildman–Crippen LogP) is 5.60. The summed E-state index contributed by atoms with van der Waals surface area (Å²) >= 11 is 18.0. The summed E-state index contributed by atoms with van der Waals surface area (Å²) in [4.78, 5) is 12.0. The van der Waals surface area contributed by atoms with E-state index in [4.69, 9.17) is 34.8 Å². The average molecular weight is 330 g/mol. The quantitative estimate of drug-likeness (QED) is 0.740. The number of anilines is 2. The number of halogens is 3. The minimum atomic E-state index is -0.462. The van der Waals surface area contributed by atoms with Crippen LogP contribution in [0, 0.1) is 6.92 Å². The molecule has 2 rings (SSSR count). The van der Waals surface area contributed by atoms with Crippen molar-refractivity contribution < 1.29 is 4.79 Å². The van der Waals surface area contributed by atoms with Gasteiger partial charge >= 0.3 is 6.03 Å². The third-order valence-corrected chi connectivity index (χ3v) is 3.61. The first-order valence-electron chi connectivity index (χ1n) is 5.76. The van der Waals surface area contributed by atoms with Crippen molar-refractivity contribution in [3.05, 3.63) is 57.0 Å². The lowest BCUT2D eigenvalue weighted by molar-refractivity contribution is 0.262. The number of amides is 2. The van der Waals surface area contributed by atoms with Gasteiger partial charge in [0, 0.05) is 0 Å². The van der Waals surface area contributed by atoms with Crippen LogP contribution in [0.2, 0.25) is 15.1 Å². The molecule has 0 unspecified atom stereocenters. The molecule has 6 heteroatoms. The zero-order chi connectivity index (χ0) is 14.7. The number of hydrogen-bond acceptors (Lipinski definition) is 1. The second-order valence-electron chi connectivity index (χ2n) is 4.11. The van der Waals surface area contributed by atoms with E-state index in [1.807, 2.05) is 19.1 Å². The zero-order valence-electron chi connectivity index (χ0n) is 10.5. The lowest BCUT2D eigenvalue weighted by atomic mass is 10.2. The van der Waals surface area contributed by atoms with Crippen LogP contribution in [0.4, 0.5) is 16.2 Å². The van der Waals surface area contributed by atoms with Crippen molar-refractivity contribution in [2.45, 2.75) is 6.92 Å². The molecule has 2 N–H and O–H groups in total. The molecule has 0 atom stereocenters. The van der Waals surface area contributed by atoms with Crippen LogP contribution in [0.5, 0.6) is 0 Å². The van der Waals surface area contributed by atoms with Crippen LogP contribution in [-0.4, -0.2) is 6.03 Å². The first kappa shape index (κ1) is 15.0. The Bertz CT molecular complexity index is 563. The average Bonchev–Trinajstić information content (AvgIpc) is 2.39. The number of hydrogen-bond donors (Lipinski definition) is 2. The van der Waals surface area contributed by atoms with Crippen molar-refractivity contribution in [2.75, 3.05) is 10.6 Å². The van der Waals surface area contributed by atoms with Crippen molar-refractivity contribution in [1.29, 1.82) is 0 Å². The van der Waals surface area contributed by atoms with Gasteiger partial charge in [0.2, 0.25) is 0 Å². The van der Waals surface area contributed by atoms with Crippen molar-refractivity contribution >= 4 is 52.2 Å². The topological polar surface area (TPSA) is 41.1 Å². The second kappa shape index (κ2) is 6.35. The number of aryl methyl sites for hydroxylation is 1. The van der Waals surface area contributed by atoms with Crippen LogP contribution in [0.3, 0.4) is 0 Å². The molecule has 0 aliphatic heterocycles. The number of nitrogens with one attached hydrogen (secondary N) is 2. The molecular weight excluding hydrogens is 319 g/mol. The fraction of sp³-hybridized carbons (Fsp3) is 0.0714. The number of urea groups is 1. The molecule has 104 valence electrons. The molecule has 2 aromatic carbocycles. The fourth-order valence-electron chi connectivity index (χ4n) is 1.67. The second-order valence-corrected chi connectivity index (χ2v) is 5.33. The summed E-state index contributed by atoms with van der Waals surface area (Å²) in [5, 5.41) is 6.48. The van der Waals surface area contributed by atoms with Gasteiger partial charge in [-0.3, -0.25) is 0 Å². The summed E-state index contributed by atoms with van der Waals surface area (Å²) in [7, 11) is 0. The van der Waals surface area contributed by atoms with Gasteiger partial charge in [0.15, 0.2) is 0 Å². The summed E-state index contributed by atoms with van der Waals surface area (Å²) in [6.45, 7) is 1.85. The van der Waals surface area contributed by atoms with Crippen LogP contribution >= 0.6 is 34.8 Å². The van der Waals surface area contributed by atoms with Gasteiger partial charge in [-0.1, -0.05) is 53.0 Å². The largest absolute Gasteiger partial charge is 0.323 e. The summed E-state index contributed by atoms with van der Waals surface area (Å²) in [5.74, 6) is 0. The van der Waals surface area contributed by atoms with Gasteiger partial charge < -0.3 is 10.6 Å². The van der Waals surface area contributed by atoms with Crippen LogP contribution in [0.1, 0.15) is 5.56 Å². The molecule has 0 bridgehead atoms. The Morgan fingerprint density at radius 1 is 0.850 bits per heavy atom. The number of carbonyl (C=O) groups is 1. The molecule has 0 spiro atoms. The van der Waals surface area contributed by atoms with Crippen molar-refractivity contribution in [1.82, 2.24) is 0 Å². The Hall–Kier alpha value is -1.42. The monoisotopic (exact) mass is 328 g/mol. The first-order chi connectivity index (χ1) is 9.49. The van der Waals surface area contributed by atoms with Gasteiger partial charge in [0.05, 0.1) is 26.4 Å². The van der Waals surface area contributed by atoms with E-state index in [1.165, 1.54) is 0 Å². The zero-order valence-corrected chi connectivity index (χ0v) is 12.8. The SMILES string of the molecule is Cc1cccc(Cl)c1NC(=O)Nc1c(Cl)cccc1Cl. The molecule has 0 aromatic heterocycles. The maximum atomic E-state index is 12.0. The van der Waals surface area contributed by atoms with Gasteiger partial charge in [0.1, 0.15) is 0 Å². The molecule has 0 saturated carbocycles. The van der Waals surface area contributed by atoms with Crippen molar-refractivity contribution in [3.63, 3.8) is 0 Å². The standard InChI is InChI=1S/C14H11Cl3N2O/c1-8-4-2-5-9(15)12(8)18-14(20)19-13-10(16)6-3-7-11(13)17/h2-7H,1H3,(H2,18,19,20). The minimum Gasteiger partial charge on any atom is -0.306 e. The van der Waals surface area contributed by atoms with Gasteiger partial charge in [-0.15, -0.1) is 0 Å². The Morgan fingerprint density at radius 2 is 1.30 bits per heavy atom. The molecule has 20 heavy (non-hydrogen) atoms. The molecule has 2 amide bonds. The molecular formula is C14H11Cl3N2O. The number of para-hydroxylation sites is 2. The van der Waals surface area contributed by atoms with Crippen LogP contribution in [0.25, 0.3) is 0 Å². The van der Waals surface area contributed by atoms with E-state index in [1.54, 1.807) is 24.3 Å². The predicted molar refractivity (Wildman–Crippen MR) is 85.3 cm³/mol. The van der Waals surface area contributed by atoms with E-state index in [2.05, 4.69) is 10.6 Å². The Labute approximate surface area is 131 Å². The van der Waals surface area contributed by atoms with E-state index < -0.39 is 6.03 Å². The van der Waals surface area contributed by atoms with Crippen LogP contribution < -0.4 is 10.6 Å². The minimum absolute atomic E-state index is 0.359. The van der Waals surface area contributed by atoms with Crippen molar-refractivity contribution in [3.8, 4) is 0 Å². The molecule has 0 fully saturated rings. The van der Waals surface area contributed by atoms with Gasteiger partial charge in [-0.25, -0.2) is 4.79 Å². The fourth-order valence-corrected chi connectivity index (χ4v) is 2.43. The Kier molecular flexibility index (Phi) is 4.76. The normalized spacial score (nSPS) is 10.2. The summed E-state index contributed by atoms with van der Waals surface area (Å²) in [6, 6.07) is 9.89. The number of benzene rings is 2. The smallest absolute Gasteiger partial charge is 0.306 e. The Balaban J connectivity index is 2.18. The van der Waals surface area contributed by atoms with Crippen molar-refractivity contribution in [2.24, 2.45) is 0 Å². The lowest BCUT2D eigenvalue weighted by Gasteiger charge is -2.13. The highest BCUT2D eigenvalue weighted by atomic mass is 35.5. The molecule has 0 saturated heterocycles. The van der Waals surface area contributed by atoms with E-state index in [9.17, 15) is 4.79 Å². The summed E-state index contributed by atoms with van der Waals surface area (Å²) < 4.78 is 0. The highest BCUT2D eigenvalue weighted by Crippen LogP contribution is 2.30. The molecule has 0 aliphatic carbocycles. The molecule has 3 nitrogen and oxygen atoms in total. The first-order valence-corrected chi connectivity index (χ1v) is 6.89. The Morgan fingerprint density at radius 3 is 1.85 bits per heavy atom. The molecule has 0 radical (unpaired) electrons. The molecule has 0 aliphatic rings. The third-order valence-electron chi connectivity index (χ3n) is 2.66. The molecule has 0 heterocycles. The maximum Gasteiger partial charge on any atom is 0.323 e. The van der Waals surface area contributed by atoms with Crippen LogP contribution in [0.15, 0.2) is 36.4 Å². The highest BCUT2D eigenvalue weighted by molar-refractivity contribution is 6.40. The van der Waals surface area contributed by atoms with E-state index in [0.29, 0.717) is 26.4 Å². The lowest BCUT2D eigenvalue weighted by Crippen LogP contribution is -2.20. The summed E-state index contributed by atoms with van der Waals surface area (Å²) in [5.41, 5.74) is 1.77. The van der Waals surface area contributed by atoms with Gasteiger partial charge in [-0.05, 0) is 30.7 Å². The van der Waals surface area contributed by atoms with E-state index in [0.717, 1.165) is 5.56 Å².